The summed E-state index contributed by atoms with van der Waals surface area (Å²) < 4.78 is 17.5. The third-order valence-electron chi connectivity index (χ3n) is 6.15. The van der Waals surface area contributed by atoms with Gasteiger partial charge in [-0.2, -0.15) is 5.10 Å². The molecule has 3 aromatic rings. The number of ether oxygens (including phenoxy) is 3. The van der Waals surface area contributed by atoms with Crippen LogP contribution >= 0.6 is 0 Å². The fraction of sp³-hybridized carbons (Fsp3) is 0.393. The number of nitrogens with one attached hydrogen (secondary N) is 1. The minimum absolute atomic E-state index is 0.157. The zero-order valence-electron chi connectivity index (χ0n) is 21.7. The van der Waals surface area contributed by atoms with E-state index in [0.29, 0.717) is 36.6 Å². The Morgan fingerprint density at radius 3 is 2.25 bits per heavy atom. The van der Waals surface area contributed by atoms with Gasteiger partial charge in [0.2, 0.25) is 0 Å². The smallest absolute Gasteiger partial charge is 0.358 e. The van der Waals surface area contributed by atoms with Crippen molar-refractivity contribution < 1.29 is 23.8 Å². The lowest BCUT2D eigenvalue weighted by atomic mass is 9.99. The molecule has 0 spiro atoms. The summed E-state index contributed by atoms with van der Waals surface area (Å²) in [5, 5.41) is 7.48. The molecule has 0 atom stereocenters. The van der Waals surface area contributed by atoms with Crippen LogP contribution in [0.3, 0.4) is 0 Å². The van der Waals surface area contributed by atoms with Gasteiger partial charge in [0.15, 0.2) is 17.2 Å². The lowest BCUT2D eigenvalue weighted by Gasteiger charge is -2.15. The molecule has 0 radical (unpaired) electrons. The second-order valence-corrected chi connectivity index (χ2v) is 8.34. The molecular weight excluding hydrogens is 458 g/mol. The quantitative estimate of drug-likeness (QED) is 0.359. The van der Waals surface area contributed by atoms with E-state index in [1.807, 2.05) is 36.4 Å². The fourth-order valence-electron chi connectivity index (χ4n) is 4.12. The number of esters is 1. The van der Waals surface area contributed by atoms with E-state index in [0.717, 1.165) is 29.8 Å². The van der Waals surface area contributed by atoms with Crippen LogP contribution in [0.15, 0.2) is 48.5 Å². The van der Waals surface area contributed by atoms with Gasteiger partial charge in [-0.25, -0.2) is 9.48 Å². The van der Waals surface area contributed by atoms with Crippen molar-refractivity contribution in [3.63, 3.8) is 0 Å². The molecule has 1 amide bonds. The Hall–Kier alpha value is -3.81. The molecule has 0 saturated carbocycles. The van der Waals surface area contributed by atoms with Crippen LogP contribution in [0.4, 0.5) is 0 Å². The highest BCUT2D eigenvalue weighted by molar-refractivity contribution is 5.94. The molecule has 2 aromatic carbocycles. The maximum atomic E-state index is 12.7. The Morgan fingerprint density at radius 2 is 1.64 bits per heavy atom. The van der Waals surface area contributed by atoms with E-state index in [2.05, 4.69) is 24.3 Å². The zero-order valence-corrected chi connectivity index (χ0v) is 21.7. The normalized spacial score (nSPS) is 10.8. The van der Waals surface area contributed by atoms with Crippen molar-refractivity contribution in [1.29, 1.82) is 0 Å². The number of aromatic nitrogens is 2. The molecule has 0 aliphatic carbocycles. The Labute approximate surface area is 212 Å². The highest BCUT2D eigenvalue weighted by Crippen LogP contribution is 2.28. The number of methoxy groups -OCH3 is 2. The first-order valence-corrected chi connectivity index (χ1v) is 12.3. The van der Waals surface area contributed by atoms with Crippen LogP contribution < -0.4 is 14.8 Å². The average Bonchev–Trinajstić information content (AvgIpc) is 3.35. The summed E-state index contributed by atoms with van der Waals surface area (Å²) in [4.78, 5) is 25.0. The molecule has 1 aromatic heterocycles. The molecule has 8 heteroatoms. The second kappa shape index (κ2) is 12.8. The third kappa shape index (κ3) is 6.24. The standard InChI is InChI=1S/C28H35N3O5/c1-6-20(7-2)24-18-23(28(33)36-8-3)30-31(24)22-12-10-21(11-13-22)27(32)29-16-15-19-9-14-25(34-4)26(17-19)35-5/h9-14,17-18,20H,6-8,15-16H2,1-5H3,(H,29,32). The van der Waals surface area contributed by atoms with Crippen LogP contribution in [0.25, 0.3) is 5.69 Å². The SMILES string of the molecule is CCOC(=O)c1cc(C(CC)CC)n(-c2ccc(C(=O)NCCc3ccc(OC)c(OC)c3)cc2)n1. The van der Waals surface area contributed by atoms with Gasteiger partial charge in [0, 0.05) is 23.7 Å². The Bertz CT molecular complexity index is 1170. The number of nitrogens with zero attached hydrogens (tertiary/aromatic N) is 2. The van der Waals surface area contributed by atoms with Crippen molar-refractivity contribution in [3.8, 4) is 17.2 Å². The van der Waals surface area contributed by atoms with Crippen LogP contribution in [0.1, 0.15) is 71.6 Å². The van der Waals surface area contributed by atoms with Crippen LogP contribution in [0.2, 0.25) is 0 Å². The van der Waals surface area contributed by atoms with Gasteiger partial charge in [0.05, 0.1) is 26.5 Å². The first-order valence-electron chi connectivity index (χ1n) is 12.3. The number of hydrogen-bond acceptors (Lipinski definition) is 6. The van der Waals surface area contributed by atoms with E-state index in [-0.39, 0.29) is 17.5 Å². The monoisotopic (exact) mass is 493 g/mol. The Kier molecular flexibility index (Phi) is 9.50. The highest BCUT2D eigenvalue weighted by Gasteiger charge is 2.21. The predicted octanol–water partition coefficient (Wildman–Crippen LogP) is 4.94. The average molecular weight is 494 g/mol. The van der Waals surface area contributed by atoms with Crippen LogP contribution in [-0.4, -0.2) is 49.0 Å². The van der Waals surface area contributed by atoms with E-state index in [1.165, 1.54) is 0 Å². The van der Waals surface area contributed by atoms with Crippen LogP contribution in [0.5, 0.6) is 11.5 Å². The highest BCUT2D eigenvalue weighted by atomic mass is 16.5. The Balaban J connectivity index is 1.71. The molecule has 0 aliphatic rings. The summed E-state index contributed by atoms with van der Waals surface area (Å²) in [6, 6.07) is 14.7. The fourth-order valence-corrected chi connectivity index (χ4v) is 4.12. The van der Waals surface area contributed by atoms with Gasteiger partial charge in [-0.3, -0.25) is 4.79 Å². The van der Waals surface area contributed by atoms with Gasteiger partial charge in [-0.1, -0.05) is 19.9 Å². The van der Waals surface area contributed by atoms with E-state index >= 15 is 0 Å². The number of carbonyl (C=O) groups excluding carboxylic acids is 2. The minimum Gasteiger partial charge on any atom is -0.493 e. The van der Waals surface area contributed by atoms with E-state index < -0.39 is 5.97 Å². The molecule has 1 heterocycles. The number of benzene rings is 2. The summed E-state index contributed by atoms with van der Waals surface area (Å²) in [5.74, 6) is 0.989. The third-order valence-corrected chi connectivity index (χ3v) is 6.15. The van der Waals surface area contributed by atoms with Gasteiger partial charge >= 0.3 is 5.97 Å². The summed E-state index contributed by atoms with van der Waals surface area (Å²) in [6.07, 6.45) is 2.50. The molecule has 8 nitrogen and oxygen atoms in total. The first kappa shape index (κ1) is 26.8. The molecule has 0 aliphatic heterocycles. The molecule has 0 unspecified atom stereocenters. The molecule has 36 heavy (non-hydrogen) atoms. The molecule has 192 valence electrons. The van der Waals surface area contributed by atoms with Crippen molar-refractivity contribution in [2.75, 3.05) is 27.4 Å². The van der Waals surface area contributed by atoms with Crippen LogP contribution in [0, 0.1) is 0 Å². The van der Waals surface area contributed by atoms with Gasteiger partial charge in [0.25, 0.3) is 5.91 Å². The Morgan fingerprint density at radius 1 is 0.944 bits per heavy atom. The summed E-state index contributed by atoms with van der Waals surface area (Å²) in [6.45, 7) is 6.78. The summed E-state index contributed by atoms with van der Waals surface area (Å²) >= 11 is 0. The van der Waals surface area contributed by atoms with Crippen molar-refractivity contribution in [2.24, 2.45) is 0 Å². The second-order valence-electron chi connectivity index (χ2n) is 8.34. The molecule has 0 bridgehead atoms. The number of carbonyl (C=O) groups is 2. The van der Waals surface area contributed by atoms with E-state index in [4.69, 9.17) is 14.2 Å². The topological polar surface area (TPSA) is 91.7 Å². The first-order chi connectivity index (χ1) is 17.4. The van der Waals surface area contributed by atoms with Crippen molar-refractivity contribution in [3.05, 3.63) is 71.0 Å². The molecule has 0 saturated heterocycles. The minimum atomic E-state index is -0.436. The number of amides is 1. The molecule has 3 rings (SSSR count). The van der Waals surface area contributed by atoms with Gasteiger partial charge in [0.1, 0.15) is 0 Å². The summed E-state index contributed by atoms with van der Waals surface area (Å²) in [7, 11) is 3.20. The van der Waals surface area contributed by atoms with Crippen molar-refractivity contribution >= 4 is 11.9 Å². The van der Waals surface area contributed by atoms with Gasteiger partial charge < -0.3 is 19.5 Å². The number of rotatable bonds is 12. The maximum Gasteiger partial charge on any atom is 0.358 e. The zero-order chi connectivity index (χ0) is 26.1. The van der Waals surface area contributed by atoms with E-state index in [1.54, 1.807) is 38.0 Å². The van der Waals surface area contributed by atoms with Gasteiger partial charge in [-0.15, -0.1) is 0 Å². The number of hydrogen-bond donors (Lipinski definition) is 1. The van der Waals surface area contributed by atoms with Crippen molar-refractivity contribution in [1.82, 2.24) is 15.1 Å². The largest absolute Gasteiger partial charge is 0.493 e. The lowest BCUT2D eigenvalue weighted by molar-refractivity contribution is 0.0518. The molecule has 1 N–H and O–H groups in total. The maximum absolute atomic E-state index is 12.7. The van der Waals surface area contributed by atoms with E-state index in [9.17, 15) is 9.59 Å². The summed E-state index contributed by atoms with van der Waals surface area (Å²) in [5.41, 5.74) is 3.61. The molecular formula is C28H35N3O5. The lowest BCUT2D eigenvalue weighted by Crippen LogP contribution is -2.25. The van der Waals surface area contributed by atoms with Crippen LogP contribution in [-0.2, 0) is 11.2 Å². The molecule has 0 fully saturated rings. The predicted molar refractivity (Wildman–Crippen MR) is 138 cm³/mol. The van der Waals surface area contributed by atoms with Crippen molar-refractivity contribution in [2.45, 2.75) is 46.0 Å². The van der Waals surface area contributed by atoms with Gasteiger partial charge in [-0.05, 0) is 74.2 Å².